The Morgan fingerprint density at radius 1 is 1.19 bits per heavy atom. The van der Waals surface area contributed by atoms with E-state index in [1.807, 2.05) is 4.90 Å². The SMILES string of the molecule is C[C@H]1c2cccc(O)c2C(=O)C2=C(O)[C@]3(O)C(=O)C(C(=O)CCN4CCC(O[N+](=O)[O-])CC4)=C(O)[C@@H](N(C)C)[C@@H]3[C@@H](O)[C@@H]21. The minimum atomic E-state index is -2.92. The molecule has 1 aromatic carbocycles. The molecule has 14 nitrogen and oxygen atoms in total. The average Bonchev–Trinajstić information content (AvgIpc) is 2.94. The van der Waals surface area contributed by atoms with Crippen LogP contribution in [0.1, 0.15) is 48.0 Å². The van der Waals surface area contributed by atoms with Gasteiger partial charge < -0.3 is 35.3 Å². The van der Waals surface area contributed by atoms with Gasteiger partial charge in [0.15, 0.2) is 17.2 Å². The second kappa shape index (κ2) is 11.0. The third-order valence-electron chi connectivity index (χ3n) is 9.45. The lowest BCUT2D eigenvalue weighted by Crippen LogP contribution is -2.68. The van der Waals surface area contributed by atoms with E-state index in [2.05, 4.69) is 4.84 Å². The van der Waals surface area contributed by atoms with Crippen LogP contribution in [0.5, 0.6) is 5.75 Å². The Labute approximate surface area is 246 Å². The van der Waals surface area contributed by atoms with Crippen LogP contribution in [0.15, 0.2) is 40.9 Å². The number of ketones is 3. The van der Waals surface area contributed by atoms with E-state index in [4.69, 9.17) is 0 Å². The molecule has 1 fully saturated rings. The van der Waals surface area contributed by atoms with Crippen LogP contribution in [0.4, 0.5) is 0 Å². The first-order valence-corrected chi connectivity index (χ1v) is 14.1. The number of benzene rings is 1. The highest BCUT2D eigenvalue weighted by atomic mass is 17.0. The highest BCUT2D eigenvalue weighted by molar-refractivity contribution is 6.26. The van der Waals surface area contributed by atoms with Gasteiger partial charge in [0, 0.05) is 37.5 Å². The third kappa shape index (κ3) is 4.69. The maximum Gasteiger partial charge on any atom is 0.294 e. The summed E-state index contributed by atoms with van der Waals surface area (Å²) in [5, 5.41) is 66.8. The Morgan fingerprint density at radius 2 is 1.84 bits per heavy atom. The van der Waals surface area contributed by atoms with E-state index in [-0.39, 0.29) is 24.3 Å². The van der Waals surface area contributed by atoms with Crippen LogP contribution in [-0.2, 0) is 14.4 Å². The van der Waals surface area contributed by atoms with Crippen LogP contribution in [0.3, 0.4) is 0 Å². The standard InChI is InChI=1S/C29H35N3O11/c1-13-15-5-4-6-16(33)19(15)24(35)21-18(13)25(36)22-23(30(2)3)26(37)20(27(38)29(22,40)28(21)39)17(34)9-12-31-10-7-14(8-11-31)43-32(41)42/h4-6,13-14,18,22-23,25,33,36-37,39-40H,7-12H2,1-3H3/t13-,18+,22+,23-,25-,29+/m0/s1. The molecular formula is C29H35N3O11. The molecule has 43 heavy (non-hydrogen) atoms. The van der Waals surface area contributed by atoms with Crippen molar-refractivity contribution in [3.63, 3.8) is 0 Å². The topological polar surface area (TPSA) is 211 Å². The normalized spacial score (nSPS) is 31.5. The molecule has 0 aromatic heterocycles. The molecule has 1 aliphatic heterocycles. The Hall–Kier alpha value is -3.85. The first kappa shape index (κ1) is 30.6. The van der Waals surface area contributed by atoms with Crippen molar-refractivity contribution in [2.75, 3.05) is 33.7 Å². The Balaban J connectivity index is 1.50. The highest BCUT2D eigenvalue weighted by Crippen LogP contribution is 2.55. The molecule has 14 heteroatoms. The fraction of sp³-hybridized carbons (Fsp3) is 0.552. The van der Waals surface area contributed by atoms with Gasteiger partial charge in [0.1, 0.15) is 28.9 Å². The minimum Gasteiger partial charge on any atom is -0.510 e. The number of aliphatic hydroxyl groups excluding tert-OH is 3. The molecule has 0 saturated carbocycles. The maximum absolute atomic E-state index is 14.0. The van der Waals surface area contributed by atoms with E-state index in [1.54, 1.807) is 19.1 Å². The molecule has 1 heterocycles. The quantitative estimate of drug-likeness (QED) is 0.166. The van der Waals surface area contributed by atoms with E-state index in [0.717, 1.165) is 0 Å². The number of likely N-dealkylation sites (tertiary alicyclic amines) is 1. The molecule has 0 spiro atoms. The molecule has 1 aromatic rings. The van der Waals surface area contributed by atoms with Crippen molar-refractivity contribution in [1.82, 2.24) is 9.80 Å². The van der Waals surface area contributed by atoms with Gasteiger partial charge in [-0.3, -0.25) is 19.3 Å². The summed E-state index contributed by atoms with van der Waals surface area (Å²) in [4.78, 5) is 59.6. The van der Waals surface area contributed by atoms with Crippen LogP contribution in [0.25, 0.3) is 0 Å². The average molecular weight is 602 g/mol. The summed E-state index contributed by atoms with van der Waals surface area (Å²) in [6.45, 7) is 2.62. The van der Waals surface area contributed by atoms with Crippen LogP contribution >= 0.6 is 0 Å². The summed E-state index contributed by atoms with van der Waals surface area (Å²) >= 11 is 0. The lowest BCUT2D eigenvalue weighted by Gasteiger charge is -2.53. The predicted octanol–water partition coefficient (Wildman–Crippen LogP) is 0.799. The van der Waals surface area contributed by atoms with Crippen LogP contribution in [-0.4, -0.2) is 115 Å². The van der Waals surface area contributed by atoms with Crippen molar-refractivity contribution in [2.24, 2.45) is 11.8 Å². The number of carbonyl (C=O) groups excluding carboxylic acids is 3. The van der Waals surface area contributed by atoms with Crippen molar-refractivity contribution in [2.45, 2.75) is 56.0 Å². The molecule has 0 amide bonds. The predicted molar refractivity (Wildman–Crippen MR) is 148 cm³/mol. The lowest BCUT2D eigenvalue weighted by atomic mass is 9.55. The largest absolute Gasteiger partial charge is 0.510 e. The molecule has 0 bridgehead atoms. The van der Waals surface area contributed by atoms with Gasteiger partial charge in [-0.1, -0.05) is 19.1 Å². The summed E-state index contributed by atoms with van der Waals surface area (Å²) in [5.41, 5.74) is -3.78. The van der Waals surface area contributed by atoms with Crippen molar-refractivity contribution >= 4 is 17.3 Å². The summed E-state index contributed by atoms with van der Waals surface area (Å²) in [6, 6.07) is 3.16. The fourth-order valence-electron chi connectivity index (χ4n) is 7.36. The van der Waals surface area contributed by atoms with Crippen molar-refractivity contribution in [3.8, 4) is 5.75 Å². The number of hydrogen-bond acceptors (Lipinski definition) is 13. The lowest BCUT2D eigenvalue weighted by molar-refractivity contribution is -0.769. The van der Waals surface area contributed by atoms with E-state index >= 15 is 0 Å². The molecule has 0 radical (unpaired) electrons. The third-order valence-corrected chi connectivity index (χ3v) is 9.45. The monoisotopic (exact) mass is 601 g/mol. The first-order chi connectivity index (χ1) is 20.2. The van der Waals surface area contributed by atoms with Gasteiger partial charge in [0.2, 0.25) is 5.78 Å². The number of fused-ring (bicyclic) bond motifs is 3. The molecule has 3 aliphatic carbocycles. The van der Waals surface area contributed by atoms with E-state index < -0.39 is 86.7 Å². The van der Waals surface area contributed by atoms with Crippen LogP contribution in [0, 0.1) is 22.0 Å². The number of phenolic OH excluding ortho intramolecular Hbond substituents is 1. The number of likely N-dealkylation sites (N-methyl/N-ethyl adjacent to an activating group) is 1. The number of piperidine rings is 1. The second-order valence-corrected chi connectivity index (χ2v) is 12.0. The number of rotatable bonds is 7. The molecule has 6 atom stereocenters. The number of aromatic hydroxyl groups is 1. The van der Waals surface area contributed by atoms with Crippen molar-refractivity contribution < 1.29 is 49.8 Å². The van der Waals surface area contributed by atoms with Gasteiger partial charge in [-0.25, -0.2) is 0 Å². The number of Topliss-reactive ketones (excluding diaryl/α,β-unsaturated/α-hetero) is 3. The van der Waals surface area contributed by atoms with Gasteiger partial charge in [-0.05, 0) is 44.5 Å². The second-order valence-electron chi connectivity index (χ2n) is 12.0. The van der Waals surface area contributed by atoms with Gasteiger partial charge in [0.25, 0.3) is 5.09 Å². The van der Waals surface area contributed by atoms with Crippen molar-refractivity contribution in [3.05, 3.63) is 62.1 Å². The molecule has 4 aliphatic rings. The fourth-order valence-corrected chi connectivity index (χ4v) is 7.36. The number of hydrogen-bond donors (Lipinski definition) is 5. The Morgan fingerprint density at radius 3 is 2.44 bits per heavy atom. The number of carbonyl (C=O) groups is 3. The van der Waals surface area contributed by atoms with Gasteiger partial charge in [-0.15, -0.1) is 10.1 Å². The maximum atomic E-state index is 14.0. The first-order valence-electron chi connectivity index (χ1n) is 14.1. The summed E-state index contributed by atoms with van der Waals surface area (Å²) in [6.07, 6.45) is -1.72. The number of nitrogens with zero attached hydrogens (tertiary/aromatic N) is 3. The molecule has 5 rings (SSSR count). The molecular weight excluding hydrogens is 566 g/mol. The molecule has 1 saturated heterocycles. The van der Waals surface area contributed by atoms with Gasteiger partial charge >= 0.3 is 0 Å². The highest BCUT2D eigenvalue weighted by Gasteiger charge is 2.67. The zero-order valence-corrected chi connectivity index (χ0v) is 24.0. The number of aliphatic hydroxyl groups is 4. The minimum absolute atomic E-state index is 0.114. The smallest absolute Gasteiger partial charge is 0.294 e. The summed E-state index contributed by atoms with van der Waals surface area (Å²) < 4.78 is 0. The molecule has 0 unspecified atom stereocenters. The van der Waals surface area contributed by atoms with Gasteiger partial charge in [-0.2, -0.15) is 0 Å². The Kier molecular flexibility index (Phi) is 7.84. The molecule has 5 N–H and O–H groups in total. The van der Waals surface area contributed by atoms with Crippen LogP contribution < -0.4 is 0 Å². The zero-order chi connectivity index (χ0) is 31.5. The van der Waals surface area contributed by atoms with E-state index in [0.29, 0.717) is 31.5 Å². The summed E-state index contributed by atoms with van der Waals surface area (Å²) in [5.74, 6) is -8.30. The molecule has 232 valence electrons. The van der Waals surface area contributed by atoms with Gasteiger partial charge in [0.05, 0.1) is 23.6 Å². The van der Waals surface area contributed by atoms with Crippen LogP contribution in [0.2, 0.25) is 0 Å². The number of phenols is 1. The Bertz CT molecular complexity index is 1440. The summed E-state index contributed by atoms with van der Waals surface area (Å²) in [7, 11) is 3.03. The van der Waals surface area contributed by atoms with E-state index in [1.165, 1.54) is 25.1 Å². The zero-order valence-electron chi connectivity index (χ0n) is 24.0. The van der Waals surface area contributed by atoms with E-state index in [9.17, 15) is 50.0 Å². The van der Waals surface area contributed by atoms with Crippen molar-refractivity contribution in [1.29, 1.82) is 0 Å².